The Morgan fingerprint density at radius 2 is 1.76 bits per heavy atom. The van der Waals surface area contributed by atoms with Crippen LogP contribution >= 0.6 is 0 Å². The lowest BCUT2D eigenvalue weighted by molar-refractivity contribution is -0.149. The molecule has 2 aromatic carbocycles. The highest BCUT2D eigenvalue weighted by Gasteiger charge is 2.20. The third-order valence-electron chi connectivity index (χ3n) is 5.31. The van der Waals surface area contributed by atoms with Crippen molar-refractivity contribution in [2.24, 2.45) is 0 Å². The summed E-state index contributed by atoms with van der Waals surface area (Å²) in [6, 6.07) is 13.6. The molecule has 0 spiro atoms. The van der Waals surface area contributed by atoms with Crippen LogP contribution in [0.3, 0.4) is 0 Å². The Morgan fingerprint density at radius 3 is 2.39 bits per heavy atom. The number of hydrogen-bond acceptors (Lipinski definition) is 4. The molecule has 1 N–H and O–H groups in total. The van der Waals surface area contributed by atoms with Gasteiger partial charge in [-0.15, -0.1) is 0 Å². The SMILES string of the molecule is CCC(OC(=O)/C=C/c1c(C)nn(Cc2ccc(C)cc2)c1C)C(=O)Nc1ccc(F)cc1. The first kappa shape index (κ1) is 23.9. The highest BCUT2D eigenvalue weighted by atomic mass is 19.1. The molecule has 1 unspecified atom stereocenters. The van der Waals surface area contributed by atoms with Gasteiger partial charge >= 0.3 is 5.97 Å². The third kappa shape index (κ3) is 6.38. The monoisotopic (exact) mass is 449 g/mol. The maximum absolute atomic E-state index is 13.0. The first-order valence-corrected chi connectivity index (χ1v) is 10.8. The van der Waals surface area contributed by atoms with Gasteiger partial charge in [0.15, 0.2) is 6.10 Å². The molecule has 0 saturated heterocycles. The summed E-state index contributed by atoms with van der Waals surface area (Å²) in [5.41, 5.74) is 5.33. The second-order valence-electron chi connectivity index (χ2n) is 7.89. The number of nitrogens with zero attached hydrogens (tertiary/aromatic N) is 2. The number of hydrogen-bond donors (Lipinski definition) is 1. The molecule has 0 aliphatic rings. The quantitative estimate of drug-likeness (QED) is 0.389. The number of aryl methyl sites for hydroxylation is 2. The van der Waals surface area contributed by atoms with Crippen LogP contribution < -0.4 is 5.32 Å². The van der Waals surface area contributed by atoms with E-state index in [0.717, 1.165) is 22.5 Å². The fraction of sp³-hybridized carbons (Fsp3) is 0.269. The van der Waals surface area contributed by atoms with E-state index in [9.17, 15) is 14.0 Å². The summed E-state index contributed by atoms with van der Waals surface area (Å²) in [5, 5.41) is 7.21. The molecule has 0 fully saturated rings. The lowest BCUT2D eigenvalue weighted by Crippen LogP contribution is -2.31. The van der Waals surface area contributed by atoms with Crippen molar-refractivity contribution in [3.63, 3.8) is 0 Å². The molecule has 0 aliphatic heterocycles. The van der Waals surface area contributed by atoms with Gasteiger partial charge in [0.2, 0.25) is 0 Å². The minimum Gasteiger partial charge on any atom is -0.449 e. The molecule has 0 aliphatic carbocycles. The number of rotatable bonds is 8. The van der Waals surface area contributed by atoms with Gasteiger partial charge in [0.25, 0.3) is 5.91 Å². The van der Waals surface area contributed by atoms with Crippen LogP contribution in [0.5, 0.6) is 0 Å². The van der Waals surface area contributed by atoms with Crippen molar-refractivity contribution in [2.45, 2.75) is 46.8 Å². The Hall–Kier alpha value is -3.74. The van der Waals surface area contributed by atoms with Crippen LogP contribution in [0.25, 0.3) is 6.08 Å². The fourth-order valence-electron chi connectivity index (χ4n) is 3.38. The molecule has 3 aromatic rings. The summed E-state index contributed by atoms with van der Waals surface area (Å²) < 4.78 is 20.3. The number of anilines is 1. The number of ether oxygens (including phenoxy) is 1. The normalized spacial score (nSPS) is 12.0. The molecular formula is C26H28FN3O3. The van der Waals surface area contributed by atoms with E-state index in [1.807, 2.05) is 25.5 Å². The molecule has 6 nitrogen and oxygen atoms in total. The van der Waals surface area contributed by atoms with E-state index in [0.29, 0.717) is 18.7 Å². The summed E-state index contributed by atoms with van der Waals surface area (Å²) in [6.45, 7) is 8.26. The second kappa shape index (κ2) is 10.7. The smallest absolute Gasteiger partial charge is 0.331 e. The minimum atomic E-state index is -0.960. The van der Waals surface area contributed by atoms with Gasteiger partial charge in [-0.05, 0) is 63.1 Å². The summed E-state index contributed by atoms with van der Waals surface area (Å²) >= 11 is 0. The van der Waals surface area contributed by atoms with E-state index in [2.05, 4.69) is 34.7 Å². The van der Waals surface area contributed by atoms with Crippen molar-refractivity contribution in [2.75, 3.05) is 5.32 Å². The largest absolute Gasteiger partial charge is 0.449 e. The van der Waals surface area contributed by atoms with Crippen LogP contribution in [0.2, 0.25) is 0 Å². The van der Waals surface area contributed by atoms with Gasteiger partial charge in [-0.2, -0.15) is 5.10 Å². The molecule has 7 heteroatoms. The number of aromatic nitrogens is 2. The molecule has 33 heavy (non-hydrogen) atoms. The van der Waals surface area contributed by atoms with Crippen LogP contribution in [-0.2, 0) is 20.9 Å². The number of amides is 1. The molecular weight excluding hydrogens is 421 g/mol. The van der Waals surface area contributed by atoms with Crippen molar-refractivity contribution < 1.29 is 18.7 Å². The minimum absolute atomic E-state index is 0.305. The third-order valence-corrected chi connectivity index (χ3v) is 5.31. The summed E-state index contributed by atoms with van der Waals surface area (Å²) in [6.07, 6.45) is 2.31. The first-order valence-electron chi connectivity index (χ1n) is 10.8. The number of nitrogens with one attached hydrogen (secondary N) is 1. The van der Waals surface area contributed by atoms with Crippen LogP contribution in [0.1, 0.15) is 41.4 Å². The lowest BCUT2D eigenvalue weighted by Gasteiger charge is -2.15. The van der Waals surface area contributed by atoms with Crippen molar-refractivity contribution >= 4 is 23.6 Å². The van der Waals surface area contributed by atoms with Gasteiger partial charge < -0.3 is 10.1 Å². The van der Waals surface area contributed by atoms with Crippen LogP contribution in [0.15, 0.2) is 54.6 Å². The van der Waals surface area contributed by atoms with Crippen molar-refractivity contribution in [1.29, 1.82) is 0 Å². The molecule has 0 radical (unpaired) electrons. The van der Waals surface area contributed by atoms with Crippen LogP contribution in [0.4, 0.5) is 10.1 Å². The van der Waals surface area contributed by atoms with E-state index >= 15 is 0 Å². The van der Waals surface area contributed by atoms with E-state index < -0.39 is 23.8 Å². The molecule has 3 rings (SSSR count). The number of carbonyl (C=O) groups excluding carboxylic acids is 2. The molecule has 0 bridgehead atoms. The van der Waals surface area contributed by atoms with E-state index in [1.165, 1.54) is 35.9 Å². The molecule has 1 heterocycles. The Balaban J connectivity index is 1.64. The topological polar surface area (TPSA) is 73.2 Å². The van der Waals surface area contributed by atoms with Gasteiger partial charge in [0.1, 0.15) is 5.82 Å². The lowest BCUT2D eigenvalue weighted by atomic mass is 10.1. The van der Waals surface area contributed by atoms with E-state index in [4.69, 9.17) is 4.74 Å². The molecule has 0 saturated carbocycles. The number of esters is 1. The first-order chi connectivity index (χ1) is 15.8. The molecule has 1 aromatic heterocycles. The predicted octanol–water partition coefficient (Wildman–Crippen LogP) is 4.97. The van der Waals surface area contributed by atoms with Gasteiger partial charge in [0, 0.05) is 23.0 Å². The average Bonchev–Trinajstić information content (AvgIpc) is 3.05. The zero-order chi connectivity index (χ0) is 24.0. The van der Waals surface area contributed by atoms with E-state index in [-0.39, 0.29) is 0 Å². The maximum Gasteiger partial charge on any atom is 0.331 e. The highest BCUT2D eigenvalue weighted by molar-refractivity contribution is 5.96. The van der Waals surface area contributed by atoms with Crippen molar-refractivity contribution in [3.8, 4) is 0 Å². The number of benzene rings is 2. The summed E-state index contributed by atoms with van der Waals surface area (Å²) in [7, 11) is 0. The highest BCUT2D eigenvalue weighted by Crippen LogP contribution is 2.17. The maximum atomic E-state index is 13.0. The zero-order valence-electron chi connectivity index (χ0n) is 19.3. The Bertz CT molecular complexity index is 1150. The van der Waals surface area contributed by atoms with Gasteiger partial charge in [-0.25, -0.2) is 9.18 Å². The van der Waals surface area contributed by atoms with Crippen molar-refractivity contribution in [3.05, 3.63) is 88.5 Å². The van der Waals surface area contributed by atoms with Crippen LogP contribution in [0, 0.1) is 26.6 Å². The fourth-order valence-corrected chi connectivity index (χ4v) is 3.38. The average molecular weight is 450 g/mol. The number of halogens is 1. The molecule has 1 amide bonds. The second-order valence-corrected chi connectivity index (χ2v) is 7.89. The number of carbonyl (C=O) groups is 2. The molecule has 1 atom stereocenters. The Morgan fingerprint density at radius 1 is 1.09 bits per heavy atom. The summed E-state index contributed by atoms with van der Waals surface area (Å²) in [5.74, 6) is -1.49. The predicted molar refractivity (Wildman–Crippen MR) is 126 cm³/mol. The standard InChI is InChI=1S/C26H28FN3O3/c1-5-24(26(32)28-22-12-10-21(27)11-13-22)33-25(31)15-14-23-18(3)29-30(19(23)4)16-20-8-6-17(2)7-9-20/h6-15,24H,5,16H2,1-4H3,(H,28,32)/b15-14+. The Labute approximate surface area is 193 Å². The van der Waals surface area contributed by atoms with Gasteiger partial charge in [-0.3, -0.25) is 9.48 Å². The van der Waals surface area contributed by atoms with Gasteiger partial charge in [-0.1, -0.05) is 36.8 Å². The van der Waals surface area contributed by atoms with Gasteiger partial charge in [0.05, 0.1) is 12.2 Å². The van der Waals surface area contributed by atoms with Crippen LogP contribution in [-0.4, -0.2) is 27.8 Å². The summed E-state index contributed by atoms with van der Waals surface area (Å²) in [4.78, 5) is 24.8. The van der Waals surface area contributed by atoms with Crippen molar-refractivity contribution in [1.82, 2.24) is 9.78 Å². The Kier molecular flexibility index (Phi) is 7.77. The molecule has 172 valence electrons. The van der Waals surface area contributed by atoms with E-state index in [1.54, 1.807) is 13.0 Å². The zero-order valence-corrected chi connectivity index (χ0v) is 19.3.